The van der Waals surface area contributed by atoms with Gasteiger partial charge in [0.25, 0.3) is 0 Å². The average molecular weight is 274 g/mol. The van der Waals surface area contributed by atoms with Crippen molar-refractivity contribution in [3.8, 4) is 0 Å². The Labute approximate surface area is 124 Å². The number of hydrogen-bond donors (Lipinski definition) is 1. The molecule has 2 atom stereocenters. The molecular formula is C18H30N2. The van der Waals surface area contributed by atoms with E-state index < -0.39 is 0 Å². The van der Waals surface area contributed by atoms with E-state index in [9.17, 15) is 0 Å². The van der Waals surface area contributed by atoms with Crippen LogP contribution in [0, 0.1) is 12.8 Å². The van der Waals surface area contributed by atoms with Gasteiger partial charge in [0.1, 0.15) is 0 Å². The molecule has 2 unspecified atom stereocenters. The molecular weight excluding hydrogens is 244 g/mol. The highest BCUT2D eigenvalue weighted by Crippen LogP contribution is 2.24. The van der Waals surface area contributed by atoms with Crippen molar-refractivity contribution in [1.29, 1.82) is 0 Å². The Kier molecular flexibility index (Phi) is 6.06. The van der Waals surface area contributed by atoms with Gasteiger partial charge in [0.05, 0.1) is 0 Å². The van der Waals surface area contributed by atoms with Crippen LogP contribution >= 0.6 is 0 Å². The maximum Gasteiger partial charge on any atom is 0.0451 e. The number of aryl methyl sites for hydroxylation is 1. The fourth-order valence-electron chi connectivity index (χ4n) is 3.48. The molecule has 0 radical (unpaired) electrons. The quantitative estimate of drug-likeness (QED) is 0.814. The normalized spacial score (nSPS) is 21.2. The second kappa shape index (κ2) is 7.80. The minimum atomic E-state index is 0.474. The minimum absolute atomic E-state index is 0.474. The van der Waals surface area contributed by atoms with Gasteiger partial charge in [-0.05, 0) is 49.9 Å². The summed E-state index contributed by atoms with van der Waals surface area (Å²) in [7, 11) is 0. The van der Waals surface area contributed by atoms with E-state index in [2.05, 4.69) is 55.3 Å². The number of nitrogens with one attached hydrogen (secondary N) is 1. The first-order valence-corrected chi connectivity index (χ1v) is 8.25. The lowest BCUT2D eigenvalue weighted by Crippen LogP contribution is -2.34. The van der Waals surface area contributed by atoms with Crippen LogP contribution in [0.3, 0.4) is 0 Å². The van der Waals surface area contributed by atoms with Crippen molar-refractivity contribution < 1.29 is 0 Å². The monoisotopic (exact) mass is 274 g/mol. The van der Waals surface area contributed by atoms with Crippen LogP contribution in [0.5, 0.6) is 0 Å². The van der Waals surface area contributed by atoms with Gasteiger partial charge in [-0.3, -0.25) is 0 Å². The lowest BCUT2D eigenvalue weighted by molar-refractivity contribution is 0.281. The van der Waals surface area contributed by atoms with E-state index in [4.69, 9.17) is 0 Å². The van der Waals surface area contributed by atoms with Gasteiger partial charge in [0, 0.05) is 19.1 Å². The SMILES string of the molecule is CCCC1CCN(CC(NCC)c2ccccc2C)C1. The maximum atomic E-state index is 3.67. The van der Waals surface area contributed by atoms with E-state index in [-0.39, 0.29) is 0 Å². The maximum absolute atomic E-state index is 3.67. The highest BCUT2D eigenvalue weighted by atomic mass is 15.2. The topological polar surface area (TPSA) is 15.3 Å². The van der Waals surface area contributed by atoms with Crippen molar-refractivity contribution in [2.75, 3.05) is 26.2 Å². The standard InChI is InChI=1S/C18H30N2/c1-4-8-16-11-12-20(13-16)14-18(19-5-2)17-10-7-6-9-15(17)3/h6-7,9-10,16,18-19H,4-5,8,11-14H2,1-3H3. The van der Waals surface area contributed by atoms with Crippen LogP contribution in [-0.4, -0.2) is 31.1 Å². The molecule has 0 amide bonds. The number of nitrogens with zero attached hydrogens (tertiary/aromatic N) is 1. The van der Waals surface area contributed by atoms with Crippen molar-refractivity contribution in [1.82, 2.24) is 10.2 Å². The molecule has 1 saturated heterocycles. The van der Waals surface area contributed by atoms with E-state index in [1.807, 2.05) is 0 Å². The smallest absolute Gasteiger partial charge is 0.0451 e. The van der Waals surface area contributed by atoms with Crippen LogP contribution in [0.1, 0.15) is 50.3 Å². The molecule has 0 spiro atoms. The molecule has 2 heteroatoms. The summed E-state index contributed by atoms with van der Waals surface area (Å²) >= 11 is 0. The van der Waals surface area contributed by atoms with Crippen molar-refractivity contribution in [2.24, 2.45) is 5.92 Å². The summed E-state index contributed by atoms with van der Waals surface area (Å²) in [6.07, 6.45) is 4.11. The Hall–Kier alpha value is -0.860. The number of benzene rings is 1. The molecule has 1 aromatic rings. The molecule has 1 heterocycles. The minimum Gasteiger partial charge on any atom is -0.309 e. The zero-order chi connectivity index (χ0) is 14.4. The molecule has 20 heavy (non-hydrogen) atoms. The summed E-state index contributed by atoms with van der Waals surface area (Å²) < 4.78 is 0. The molecule has 0 aliphatic carbocycles. The van der Waals surface area contributed by atoms with Gasteiger partial charge in [-0.15, -0.1) is 0 Å². The third-order valence-electron chi connectivity index (χ3n) is 4.52. The van der Waals surface area contributed by atoms with Crippen molar-refractivity contribution in [2.45, 2.75) is 46.1 Å². The van der Waals surface area contributed by atoms with Gasteiger partial charge in [-0.1, -0.05) is 44.5 Å². The highest BCUT2D eigenvalue weighted by molar-refractivity contribution is 5.29. The van der Waals surface area contributed by atoms with Gasteiger partial charge in [0.2, 0.25) is 0 Å². The summed E-state index contributed by atoms with van der Waals surface area (Å²) in [4.78, 5) is 2.65. The molecule has 0 saturated carbocycles. The zero-order valence-corrected chi connectivity index (χ0v) is 13.4. The second-order valence-electron chi connectivity index (χ2n) is 6.17. The number of likely N-dealkylation sites (N-methyl/N-ethyl adjacent to an activating group) is 1. The molecule has 1 aliphatic heterocycles. The predicted molar refractivity (Wildman–Crippen MR) is 87.1 cm³/mol. The number of rotatable bonds is 7. The van der Waals surface area contributed by atoms with E-state index in [0.717, 1.165) is 19.0 Å². The molecule has 0 bridgehead atoms. The first-order valence-electron chi connectivity index (χ1n) is 8.25. The Morgan fingerprint density at radius 1 is 1.30 bits per heavy atom. The number of hydrogen-bond acceptors (Lipinski definition) is 2. The van der Waals surface area contributed by atoms with Crippen LogP contribution < -0.4 is 5.32 Å². The van der Waals surface area contributed by atoms with Crippen LogP contribution in [0.2, 0.25) is 0 Å². The summed E-state index contributed by atoms with van der Waals surface area (Å²) in [6, 6.07) is 9.28. The van der Waals surface area contributed by atoms with E-state index in [1.165, 1.54) is 43.5 Å². The van der Waals surface area contributed by atoms with Crippen LogP contribution in [-0.2, 0) is 0 Å². The molecule has 0 aromatic heterocycles. The van der Waals surface area contributed by atoms with Gasteiger partial charge in [-0.2, -0.15) is 0 Å². The van der Waals surface area contributed by atoms with Crippen LogP contribution in [0.25, 0.3) is 0 Å². The highest BCUT2D eigenvalue weighted by Gasteiger charge is 2.24. The summed E-state index contributed by atoms with van der Waals surface area (Å²) in [5.74, 6) is 0.930. The first kappa shape index (κ1) is 15.5. The average Bonchev–Trinajstić information content (AvgIpc) is 2.87. The molecule has 2 rings (SSSR count). The summed E-state index contributed by atoms with van der Waals surface area (Å²) in [5.41, 5.74) is 2.87. The van der Waals surface area contributed by atoms with Crippen LogP contribution in [0.4, 0.5) is 0 Å². The molecule has 1 N–H and O–H groups in total. The molecule has 1 aliphatic rings. The van der Waals surface area contributed by atoms with E-state index in [0.29, 0.717) is 6.04 Å². The molecule has 2 nitrogen and oxygen atoms in total. The summed E-state index contributed by atoms with van der Waals surface area (Å²) in [5, 5.41) is 3.67. The molecule has 1 fully saturated rings. The van der Waals surface area contributed by atoms with Crippen molar-refractivity contribution in [3.63, 3.8) is 0 Å². The van der Waals surface area contributed by atoms with Gasteiger partial charge in [-0.25, -0.2) is 0 Å². The molecule has 1 aromatic carbocycles. The largest absolute Gasteiger partial charge is 0.309 e. The second-order valence-corrected chi connectivity index (χ2v) is 6.17. The lowest BCUT2D eigenvalue weighted by atomic mass is 10.0. The Bertz CT molecular complexity index is 402. The summed E-state index contributed by atoms with van der Waals surface area (Å²) in [6.45, 7) is 11.5. The Morgan fingerprint density at radius 3 is 2.80 bits per heavy atom. The third kappa shape index (κ3) is 4.07. The van der Waals surface area contributed by atoms with E-state index >= 15 is 0 Å². The fourth-order valence-corrected chi connectivity index (χ4v) is 3.48. The Balaban J connectivity index is 1.98. The first-order chi connectivity index (χ1) is 9.74. The van der Waals surface area contributed by atoms with Crippen molar-refractivity contribution in [3.05, 3.63) is 35.4 Å². The van der Waals surface area contributed by atoms with Gasteiger partial charge in [0.15, 0.2) is 0 Å². The van der Waals surface area contributed by atoms with E-state index in [1.54, 1.807) is 0 Å². The Morgan fingerprint density at radius 2 is 2.10 bits per heavy atom. The molecule has 112 valence electrons. The number of likely N-dealkylation sites (tertiary alicyclic amines) is 1. The predicted octanol–water partition coefficient (Wildman–Crippen LogP) is 3.77. The van der Waals surface area contributed by atoms with Crippen LogP contribution in [0.15, 0.2) is 24.3 Å². The lowest BCUT2D eigenvalue weighted by Gasteiger charge is -2.26. The zero-order valence-electron chi connectivity index (χ0n) is 13.4. The van der Waals surface area contributed by atoms with Crippen molar-refractivity contribution >= 4 is 0 Å². The van der Waals surface area contributed by atoms with Gasteiger partial charge >= 0.3 is 0 Å². The fraction of sp³-hybridized carbons (Fsp3) is 0.667. The third-order valence-corrected chi connectivity index (χ3v) is 4.52. The van der Waals surface area contributed by atoms with Gasteiger partial charge < -0.3 is 10.2 Å².